The number of nitrogens with zero attached hydrogens (tertiary/aromatic N) is 6. The fourth-order valence-corrected chi connectivity index (χ4v) is 3.04. The topological polar surface area (TPSA) is 104 Å². The van der Waals surface area contributed by atoms with Crippen LogP contribution in [0.25, 0.3) is 11.3 Å². The number of hydrogen-bond donors (Lipinski definition) is 2. The van der Waals surface area contributed by atoms with Gasteiger partial charge >= 0.3 is 6.01 Å². The number of anilines is 2. The second-order valence-corrected chi connectivity index (χ2v) is 6.68. The fraction of sp³-hybridized carbons (Fsp3) is 0.381. The molecule has 0 aliphatic heterocycles. The predicted molar refractivity (Wildman–Crippen MR) is 119 cm³/mol. The molecular weight excluding hydrogens is 380 g/mol. The molecular formula is C21H28N8O. The number of aromatic amines is 1. The van der Waals surface area contributed by atoms with Crippen LogP contribution >= 0.6 is 0 Å². The van der Waals surface area contributed by atoms with E-state index in [4.69, 9.17) is 4.84 Å². The van der Waals surface area contributed by atoms with Crippen molar-refractivity contribution in [1.29, 1.82) is 0 Å². The first-order valence-electron chi connectivity index (χ1n) is 10.1. The molecule has 0 bridgehead atoms. The fourth-order valence-electron chi connectivity index (χ4n) is 3.04. The molecule has 158 valence electrons. The number of H-pyrrole nitrogens is 1. The molecule has 0 atom stereocenters. The molecule has 0 aliphatic rings. The average Bonchev–Trinajstić information content (AvgIpc) is 3.15. The van der Waals surface area contributed by atoms with E-state index >= 15 is 0 Å². The van der Waals surface area contributed by atoms with Crippen molar-refractivity contribution < 1.29 is 4.84 Å². The number of hydrogen-bond acceptors (Lipinski definition) is 8. The Morgan fingerprint density at radius 3 is 2.67 bits per heavy atom. The number of oxime groups is 1. The second kappa shape index (κ2) is 9.82. The minimum absolute atomic E-state index is 0.155. The molecule has 0 aromatic carbocycles. The summed E-state index contributed by atoms with van der Waals surface area (Å²) in [6, 6.07) is 6.11. The summed E-state index contributed by atoms with van der Waals surface area (Å²) < 4.78 is 0. The normalized spacial score (nSPS) is 11.4. The summed E-state index contributed by atoms with van der Waals surface area (Å²) in [5.74, 6) is 1.03. The first-order chi connectivity index (χ1) is 14.5. The van der Waals surface area contributed by atoms with Crippen molar-refractivity contribution in [2.24, 2.45) is 5.16 Å². The Morgan fingerprint density at radius 1 is 1.20 bits per heavy atom. The highest BCUT2D eigenvalue weighted by molar-refractivity contribution is 6.00. The monoisotopic (exact) mass is 408 g/mol. The molecule has 3 aromatic heterocycles. The smallest absolute Gasteiger partial charge is 0.352 e. The van der Waals surface area contributed by atoms with Gasteiger partial charge in [-0.05, 0) is 52.8 Å². The van der Waals surface area contributed by atoms with Crippen molar-refractivity contribution in [1.82, 2.24) is 24.9 Å². The van der Waals surface area contributed by atoms with E-state index in [1.165, 1.54) is 0 Å². The molecule has 2 N–H and O–H groups in total. The van der Waals surface area contributed by atoms with E-state index in [1.54, 1.807) is 6.20 Å². The van der Waals surface area contributed by atoms with E-state index in [2.05, 4.69) is 49.2 Å². The Balaban J connectivity index is 1.85. The van der Waals surface area contributed by atoms with Crippen molar-refractivity contribution in [3.8, 4) is 17.3 Å². The lowest BCUT2D eigenvalue weighted by Gasteiger charge is -2.18. The molecule has 0 unspecified atom stereocenters. The second-order valence-electron chi connectivity index (χ2n) is 6.68. The van der Waals surface area contributed by atoms with Crippen molar-refractivity contribution in [2.45, 2.75) is 34.6 Å². The molecule has 0 saturated heterocycles. The third kappa shape index (κ3) is 4.91. The molecule has 9 nitrogen and oxygen atoms in total. The van der Waals surface area contributed by atoms with Crippen LogP contribution in [-0.4, -0.2) is 50.3 Å². The van der Waals surface area contributed by atoms with E-state index in [1.807, 2.05) is 50.1 Å². The van der Waals surface area contributed by atoms with Gasteiger partial charge in [0.05, 0.1) is 5.71 Å². The standard InChI is InChI=1S/C21H28N8O/c1-6-23-19-25-20(29(7-2)8-3)27-21(26-19)30-28-15(5)17-12-18(24-14(17)4)16-10-9-11-22-13-16/h9-13,24H,6-8H2,1-5H3,(H,23,25,26,27). The molecule has 3 rings (SSSR count). The lowest BCUT2D eigenvalue weighted by molar-refractivity contribution is 0.312. The van der Waals surface area contributed by atoms with Gasteiger partial charge < -0.3 is 20.0 Å². The zero-order valence-electron chi connectivity index (χ0n) is 18.1. The lowest BCUT2D eigenvalue weighted by atomic mass is 10.1. The van der Waals surface area contributed by atoms with Crippen LogP contribution in [0.15, 0.2) is 35.7 Å². The summed E-state index contributed by atoms with van der Waals surface area (Å²) in [5.41, 5.74) is 4.65. The molecule has 9 heteroatoms. The van der Waals surface area contributed by atoms with Crippen LogP contribution in [0.1, 0.15) is 39.0 Å². The van der Waals surface area contributed by atoms with E-state index < -0.39 is 0 Å². The highest BCUT2D eigenvalue weighted by Crippen LogP contribution is 2.22. The Labute approximate surface area is 176 Å². The van der Waals surface area contributed by atoms with E-state index in [9.17, 15) is 0 Å². The molecule has 3 heterocycles. The van der Waals surface area contributed by atoms with Gasteiger partial charge in [0, 0.05) is 54.5 Å². The van der Waals surface area contributed by atoms with Gasteiger partial charge in [0.1, 0.15) is 0 Å². The van der Waals surface area contributed by atoms with Gasteiger partial charge in [0.15, 0.2) is 0 Å². The van der Waals surface area contributed by atoms with E-state index in [-0.39, 0.29) is 6.01 Å². The Morgan fingerprint density at radius 2 is 2.00 bits per heavy atom. The summed E-state index contributed by atoms with van der Waals surface area (Å²) in [6.45, 7) is 12.2. The zero-order chi connectivity index (χ0) is 21.5. The number of aryl methyl sites for hydroxylation is 1. The minimum atomic E-state index is 0.155. The lowest BCUT2D eigenvalue weighted by Crippen LogP contribution is -2.25. The molecule has 0 amide bonds. The molecule has 0 spiro atoms. The largest absolute Gasteiger partial charge is 0.358 e. The quantitative estimate of drug-likeness (QED) is 0.411. The Hall–Kier alpha value is -3.49. The first-order valence-corrected chi connectivity index (χ1v) is 10.1. The number of aromatic nitrogens is 5. The van der Waals surface area contributed by atoms with Crippen LogP contribution in [0.4, 0.5) is 11.9 Å². The number of rotatable bonds is 9. The minimum Gasteiger partial charge on any atom is -0.358 e. The van der Waals surface area contributed by atoms with Gasteiger partial charge in [-0.1, -0.05) is 5.16 Å². The molecule has 30 heavy (non-hydrogen) atoms. The highest BCUT2D eigenvalue weighted by atomic mass is 16.6. The average molecular weight is 409 g/mol. The maximum absolute atomic E-state index is 5.59. The van der Waals surface area contributed by atoms with Crippen LogP contribution in [0.5, 0.6) is 6.01 Å². The van der Waals surface area contributed by atoms with Gasteiger partial charge in [-0.2, -0.15) is 15.0 Å². The third-order valence-corrected chi connectivity index (χ3v) is 4.63. The van der Waals surface area contributed by atoms with Gasteiger partial charge in [0.25, 0.3) is 0 Å². The van der Waals surface area contributed by atoms with Gasteiger partial charge in [0.2, 0.25) is 11.9 Å². The molecule has 0 fully saturated rings. The van der Waals surface area contributed by atoms with Crippen LogP contribution < -0.4 is 15.1 Å². The maximum atomic E-state index is 5.59. The predicted octanol–water partition coefficient (Wildman–Crippen LogP) is 3.65. The summed E-state index contributed by atoms with van der Waals surface area (Å²) in [4.78, 5) is 28.3. The van der Waals surface area contributed by atoms with E-state index in [0.717, 1.165) is 35.6 Å². The number of pyridine rings is 1. The van der Waals surface area contributed by atoms with Crippen molar-refractivity contribution in [3.63, 3.8) is 0 Å². The Kier molecular flexibility index (Phi) is 6.95. The van der Waals surface area contributed by atoms with Crippen LogP contribution in [0.3, 0.4) is 0 Å². The van der Waals surface area contributed by atoms with Crippen molar-refractivity contribution in [3.05, 3.63) is 41.9 Å². The SMILES string of the molecule is CCNc1nc(ON=C(C)c2cc(-c3cccnc3)[nH]c2C)nc(N(CC)CC)n1. The molecule has 3 aromatic rings. The summed E-state index contributed by atoms with van der Waals surface area (Å²) in [6.07, 6.45) is 3.57. The Bertz CT molecular complexity index is 995. The van der Waals surface area contributed by atoms with Gasteiger partial charge in [-0.15, -0.1) is 0 Å². The highest BCUT2D eigenvalue weighted by Gasteiger charge is 2.13. The molecule has 0 aliphatic carbocycles. The maximum Gasteiger partial charge on any atom is 0.352 e. The summed E-state index contributed by atoms with van der Waals surface area (Å²) in [5, 5.41) is 7.38. The summed E-state index contributed by atoms with van der Waals surface area (Å²) in [7, 11) is 0. The summed E-state index contributed by atoms with van der Waals surface area (Å²) >= 11 is 0. The van der Waals surface area contributed by atoms with Gasteiger partial charge in [-0.3, -0.25) is 4.98 Å². The molecule has 0 saturated carbocycles. The zero-order valence-corrected chi connectivity index (χ0v) is 18.1. The number of nitrogens with one attached hydrogen (secondary N) is 2. The van der Waals surface area contributed by atoms with Gasteiger partial charge in [-0.25, -0.2) is 0 Å². The van der Waals surface area contributed by atoms with Crippen LogP contribution in [-0.2, 0) is 0 Å². The van der Waals surface area contributed by atoms with Crippen molar-refractivity contribution >= 4 is 17.6 Å². The first kappa shape index (κ1) is 21.2. The van der Waals surface area contributed by atoms with Crippen LogP contribution in [0.2, 0.25) is 0 Å². The van der Waals surface area contributed by atoms with Crippen molar-refractivity contribution in [2.75, 3.05) is 29.9 Å². The van der Waals surface area contributed by atoms with E-state index in [0.29, 0.717) is 24.2 Å². The molecule has 0 radical (unpaired) electrons. The third-order valence-electron chi connectivity index (χ3n) is 4.63. The van der Waals surface area contributed by atoms with Crippen LogP contribution in [0, 0.1) is 6.92 Å².